The summed E-state index contributed by atoms with van der Waals surface area (Å²) in [5.74, 6) is -0.419. The number of aromatic nitrogens is 2. The van der Waals surface area contributed by atoms with Crippen LogP contribution in [0.2, 0.25) is 5.02 Å². The van der Waals surface area contributed by atoms with Gasteiger partial charge in [-0.15, -0.1) is 11.6 Å². The molecule has 0 aliphatic heterocycles. The van der Waals surface area contributed by atoms with Crippen molar-refractivity contribution in [3.8, 4) is 0 Å². The maximum Gasteiger partial charge on any atom is 0.323 e. The second kappa shape index (κ2) is 4.96. The fraction of sp³-hybridized carbons (Fsp3) is 0.0714. The lowest BCUT2D eigenvalue weighted by Crippen LogP contribution is -1.99. The van der Waals surface area contributed by atoms with Crippen molar-refractivity contribution in [2.24, 2.45) is 0 Å². The van der Waals surface area contributed by atoms with E-state index in [2.05, 4.69) is 9.97 Å². The molecule has 1 atom stereocenters. The second-order valence-electron chi connectivity index (χ2n) is 4.41. The van der Waals surface area contributed by atoms with Crippen molar-refractivity contribution >= 4 is 34.2 Å². The minimum atomic E-state index is -0.684. The van der Waals surface area contributed by atoms with Crippen molar-refractivity contribution in [3.63, 3.8) is 0 Å². The van der Waals surface area contributed by atoms with Gasteiger partial charge < -0.3 is 9.97 Å². The molecule has 3 aromatic rings. The van der Waals surface area contributed by atoms with E-state index in [9.17, 15) is 9.18 Å². The number of hydrogen-bond donors (Lipinski definition) is 2. The quantitative estimate of drug-likeness (QED) is 0.691. The lowest BCUT2D eigenvalue weighted by atomic mass is 10.0. The number of alkyl halides is 1. The first kappa shape index (κ1) is 13.2. The predicted octanol–water partition coefficient (Wildman–Crippen LogP) is 3.98. The number of nitrogens with one attached hydrogen (secondary N) is 2. The average Bonchev–Trinajstić information content (AvgIpc) is 2.79. The molecule has 0 bridgehead atoms. The van der Waals surface area contributed by atoms with Gasteiger partial charge in [0.15, 0.2) is 0 Å². The number of aromatic amines is 2. The maximum atomic E-state index is 13.8. The molecule has 3 nitrogen and oxygen atoms in total. The zero-order valence-electron chi connectivity index (χ0n) is 10.1. The molecule has 0 saturated heterocycles. The maximum absolute atomic E-state index is 13.8. The molecule has 0 aliphatic carbocycles. The number of halogens is 3. The molecule has 1 unspecified atom stereocenters. The third kappa shape index (κ3) is 2.32. The molecule has 3 rings (SSSR count). The molecule has 6 heteroatoms. The van der Waals surface area contributed by atoms with Crippen LogP contribution in [0.15, 0.2) is 41.2 Å². The van der Waals surface area contributed by atoms with Gasteiger partial charge in [0.25, 0.3) is 0 Å². The van der Waals surface area contributed by atoms with Gasteiger partial charge >= 0.3 is 5.69 Å². The minimum absolute atomic E-state index is 0.294. The van der Waals surface area contributed by atoms with Gasteiger partial charge in [-0.25, -0.2) is 9.18 Å². The van der Waals surface area contributed by atoms with Crippen LogP contribution < -0.4 is 5.69 Å². The Morgan fingerprint density at radius 1 is 1.05 bits per heavy atom. The van der Waals surface area contributed by atoms with Crippen LogP contribution in [0.25, 0.3) is 11.0 Å². The predicted molar refractivity (Wildman–Crippen MR) is 78.0 cm³/mol. The first-order valence-corrected chi connectivity index (χ1v) is 6.67. The molecule has 102 valence electrons. The van der Waals surface area contributed by atoms with E-state index >= 15 is 0 Å². The molecule has 1 aromatic heterocycles. The highest BCUT2D eigenvalue weighted by atomic mass is 35.5. The molecule has 0 aliphatic rings. The van der Waals surface area contributed by atoms with E-state index in [-0.39, 0.29) is 5.69 Å². The monoisotopic (exact) mass is 310 g/mol. The van der Waals surface area contributed by atoms with Crippen LogP contribution in [-0.4, -0.2) is 9.97 Å². The van der Waals surface area contributed by atoms with Gasteiger partial charge in [-0.2, -0.15) is 0 Å². The van der Waals surface area contributed by atoms with E-state index in [0.717, 1.165) is 0 Å². The molecule has 0 amide bonds. The minimum Gasteiger partial charge on any atom is -0.306 e. The molecule has 0 saturated carbocycles. The van der Waals surface area contributed by atoms with Crippen LogP contribution in [0.4, 0.5) is 4.39 Å². The first-order valence-electron chi connectivity index (χ1n) is 5.85. The molecule has 2 aromatic carbocycles. The topological polar surface area (TPSA) is 48.6 Å². The number of benzene rings is 2. The average molecular weight is 311 g/mol. The van der Waals surface area contributed by atoms with Crippen molar-refractivity contribution in [3.05, 3.63) is 68.8 Å². The van der Waals surface area contributed by atoms with Crippen LogP contribution in [0, 0.1) is 5.82 Å². The fourth-order valence-corrected chi connectivity index (χ4v) is 2.58. The highest BCUT2D eigenvalue weighted by molar-refractivity contribution is 6.31. The SMILES string of the molecule is O=c1[nH]c2ccc(C(Cl)c3cc(Cl)ccc3F)cc2[nH]1. The molecule has 1 heterocycles. The van der Waals surface area contributed by atoms with Crippen molar-refractivity contribution in [2.75, 3.05) is 0 Å². The van der Waals surface area contributed by atoms with E-state index in [0.29, 0.717) is 27.2 Å². The van der Waals surface area contributed by atoms with Crippen LogP contribution in [0.1, 0.15) is 16.5 Å². The summed E-state index contributed by atoms with van der Waals surface area (Å²) >= 11 is 12.2. The van der Waals surface area contributed by atoms with Crippen molar-refractivity contribution in [1.29, 1.82) is 0 Å². The Kier molecular flexibility index (Phi) is 3.28. The smallest absolute Gasteiger partial charge is 0.306 e. The Hall–Kier alpha value is -1.78. The Labute approximate surface area is 123 Å². The standard InChI is InChI=1S/C14H9Cl2FN2O/c15-8-2-3-10(17)9(6-8)13(16)7-1-4-11-12(5-7)19-14(20)18-11/h1-6,13H,(H2,18,19,20). The summed E-state index contributed by atoms with van der Waals surface area (Å²) < 4.78 is 13.8. The number of fused-ring (bicyclic) bond motifs is 1. The molecule has 2 N–H and O–H groups in total. The molecular formula is C14H9Cl2FN2O. The molecule has 0 fully saturated rings. The van der Waals surface area contributed by atoms with E-state index in [1.165, 1.54) is 18.2 Å². The Bertz CT molecular complexity index is 841. The summed E-state index contributed by atoms with van der Waals surface area (Å²) in [4.78, 5) is 16.5. The van der Waals surface area contributed by atoms with E-state index in [4.69, 9.17) is 23.2 Å². The van der Waals surface area contributed by atoms with Crippen molar-refractivity contribution in [2.45, 2.75) is 5.38 Å². The van der Waals surface area contributed by atoms with E-state index in [1.807, 2.05) is 0 Å². The van der Waals surface area contributed by atoms with E-state index in [1.54, 1.807) is 18.2 Å². The summed E-state index contributed by atoms with van der Waals surface area (Å²) in [7, 11) is 0. The number of imidazole rings is 1. The molecular weight excluding hydrogens is 302 g/mol. The summed E-state index contributed by atoms with van der Waals surface area (Å²) in [6.07, 6.45) is 0. The normalized spacial score (nSPS) is 12.8. The van der Waals surface area contributed by atoms with Crippen molar-refractivity contribution < 1.29 is 4.39 Å². The van der Waals surface area contributed by atoms with Crippen LogP contribution >= 0.6 is 23.2 Å². The third-order valence-corrected chi connectivity index (χ3v) is 3.79. The van der Waals surface area contributed by atoms with Gasteiger partial charge in [-0.05, 0) is 35.9 Å². The van der Waals surface area contributed by atoms with E-state index < -0.39 is 11.2 Å². The summed E-state index contributed by atoms with van der Waals surface area (Å²) in [5, 5.41) is -0.264. The number of hydrogen-bond acceptors (Lipinski definition) is 1. The van der Waals surface area contributed by atoms with Gasteiger partial charge in [0, 0.05) is 10.6 Å². The van der Waals surface area contributed by atoms with Gasteiger partial charge in [-0.3, -0.25) is 0 Å². The summed E-state index contributed by atoms with van der Waals surface area (Å²) in [6.45, 7) is 0. The number of rotatable bonds is 2. The molecule has 20 heavy (non-hydrogen) atoms. The lowest BCUT2D eigenvalue weighted by molar-refractivity contribution is 0.612. The van der Waals surface area contributed by atoms with Crippen LogP contribution in [-0.2, 0) is 0 Å². The van der Waals surface area contributed by atoms with Crippen LogP contribution in [0.5, 0.6) is 0 Å². The Morgan fingerprint density at radius 3 is 2.60 bits per heavy atom. The molecule has 0 radical (unpaired) electrons. The Balaban J connectivity index is 2.09. The Morgan fingerprint density at radius 2 is 1.80 bits per heavy atom. The highest BCUT2D eigenvalue weighted by Crippen LogP contribution is 2.33. The summed E-state index contributed by atoms with van der Waals surface area (Å²) in [6, 6.07) is 9.43. The van der Waals surface area contributed by atoms with Gasteiger partial charge in [0.2, 0.25) is 0 Å². The van der Waals surface area contributed by atoms with Crippen molar-refractivity contribution in [1.82, 2.24) is 9.97 Å². The first-order chi connectivity index (χ1) is 9.54. The zero-order valence-corrected chi connectivity index (χ0v) is 11.6. The summed E-state index contributed by atoms with van der Waals surface area (Å²) in [5.41, 5.74) is 1.99. The van der Waals surface area contributed by atoms with Gasteiger partial charge in [-0.1, -0.05) is 17.7 Å². The number of H-pyrrole nitrogens is 2. The highest BCUT2D eigenvalue weighted by Gasteiger charge is 2.16. The third-order valence-electron chi connectivity index (χ3n) is 3.06. The molecule has 0 spiro atoms. The van der Waals surface area contributed by atoms with Crippen LogP contribution in [0.3, 0.4) is 0 Å². The lowest BCUT2D eigenvalue weighted by Gasteiger charge is -2.12. The van der Waals surface area contributed by atoms with Gasteiger partial charge in [0.05, 0.1) is 16.4 Å². The zero-order chi connectivity index (χ0) is 14.3. The van der Waals surface area contributed by atoms with Gasteiger partial charge in [0.1, 0.15) is 5.82 Å². The second-order valence-corrected chi connectivity index (χ2v) is 5.29. The fourth-order valence-electron chi connectivity index (χ4n) is 2.10. The largest absolute Gasteiger partial charge is 0.323 e.